The lowest BCUT2D eigenvalue weighted by Gasteiger charge is -2.59. The lowest BCUT2D eigenvalue weighted by atomic mass is 9.45. The maximum Gasteiger partial charge on any atom is 0.155 e. The highest BCUT2D eigenvalue weighted by Crippen LogP contribution is 2.66. The maximum atomic E-state index is 12.7. The van der Waals surface area contributed by atoms with E-state index in [0.717, 1.165) is 38.5 Å². The number of fused-ring (bicyclic) bond motifs is 5. The van der Waals surface area contributed by atoms with E-state index in [9.17, 15) is 9.59 Å². The van der Waals surface area contributed by atoms with E-state index in [-0.39, 0.29) is 10.8 Å². The molecule has 5 unspecified atom stereocenters. The Hall–Kier alpha value is -1.70. The minimum atomic E-state index is -0.0928. The van der Waals surface area contributed by atoms with E-state index >= 15 is 0 Å². The van der Waals surface area contributed by atoms with Crippen molar-refractivity contribution in [2.75, 3.05) is 0 Å². The van der Waals surface area contributed by atoms with Gasteiger partial charge in [-0.25, -0.2) is 0 Å². The second-order valence-corrected chi connectivity index (χ2v) is 9.98. The van der Waals surface area contributed by atoms with E-state index in [4.69, 9.17) is 0 Å². The van der Waals surface area contributed by atoms with Crippen LogP contribution in [0.4, 0.5) is 0 Å². The van der Waals surface area contributed by atoms with Gasteiger partial charge in [0.15, 0.2) is 5.78 Å². The van der Waals surface area contributed by atoms with Gasteiger partial charge in [-0.3, -0.25) is 9.59 Å². The summed E-state index contributed by atoms with van der Waals surface area (Å²) in [5, 5.41) is 0. The van der Waals surface area contributed by atoms with Gasteiger partial charge in [-0.2, -0.15) is 0 Å². The first-order valence-corrected chi connectivity index (χ1v) is 10.8. The van der Waals surface area contributed by atoms with E-state index in [0.29, 0.717) is 41.7 Å². The predicted molar refractivity (Wildman–Crippen MR) is 106 cm³/mol. The van der Waals surface area contributed by atoms with Crippen molar-refractivity contribution in [2.45, 2.75) is 64.7 Å². The fourth-order valence-electron chi connectivity index (χ4n) is 7.41. The second kappa shape index (κ2) is 5.90. The van der Waals surface area contributed by atoms with Crippen LogP contribution in [0.5, 0.6) is 0 Å². The van der Waals surface area contributed by atoms with Crippen molar-refractivity contribution in [3.05, 3.63) is 47.5 Å². The van der Waals surface area contributed by atoms with Crippen molar-refractivity contribution in [1.82, 2.24) is 0 Å². The molecule has 0 bridgehead atoms. The molecule has 27 heavy (non-hydrogen) atoms. The lowest BCUT2D eigenvalue weighted by Crippen LogP contribution is -2.52. The van der Waals surface area contributed by atoms with Crippen LogP contribution < -0.4 is 0 Å². The maximum absolute atomic E-state index is 12.7. The van der Waals surface area contributed by atoms with E-state index in [2.05, 4.69) is 44.2 Å². The van der Waals surface area contributed by atoms with Crippen LogP contribution >= 0.6 is 0 Å². The number of rotatable bonds is 1. The molecule has 0 heterocycles. The van der Waals surface area contributed by atoms with Crippen LogP contribution in [0.1, 0.15) is 70.3 Å². The van der Waals surface area contributed by atoms with Crippen LogP contribution in [-0.2, 0) is 9.59 Å². The summed E-state index contributed by atoms with van der Waals surface area (Å²) in [6.45, 7) is 4.68. The molecular weight excluding hydrogens is 332 g/mol. The lowest BCUT2D eigenvalue weighted by molar-refractivity contribution is -0.132. The monoisotopic (exact) mass is 362 g/mol. The highest BCUT2D eigenvalue weighted by atomic mass is 16.1. The third-order valence-corrected chi connectivity index (χ3v) is 8.92. The van der Waals surface area contributed by atoms with Crippen LogP contribution in [0.2, 0.25) is 0 Å². The molecule has 0 aliphatic heterocycles. The Morgan fingerprint density at radius 1 is 0.889 bits per heavy atom. The standard InChI is InChI=1S/C25H30O2/c1-24-12-10-17(26)14-22(24)18(16-6-4-3-5-7-16)15-19-20-8-9-23(27)25(20,2)13-11-21(19)24/h3-7,14,18-21H,8-13,15H2,1-2H3/t18-,19?,20?,21?,24?,25?/m1/s1. The molecule has 0 aromatic heterocycles. The third kappa shape index (κ3) is 2.38. The fourth-order valence-corrected chi connectivity index (χ4v) is 7.41. The first-order valence-electron chi connectivity index (χ1n) is 10.8. The van der Waals surface area contributed by atoms with Gasteiger partial charge in [0, 0.05) is 24.2 Å². The van der Waals surface area contributed by atoms with Crippen molar-refractivity contribution in [3.63, 3.8) is 0 Å². The molecule has 3 saturated carbocycles. The molecule has 142 valence electrons. The zero-order valence-corrected chi connectivity index (χ0v) is 16.5. The molecule has 0 amide bonds. The number of ketones is 2. The van der Waals surface area contributed by atoms with Crippen LogP contribution in [0, 0.1) is 28.6 Å². The molecule has 0 N–H and O–H groups in total. The summed E-state index contributed by atoms with van der Waals surface area (Å²) in [5.74, 6) is 2.91. The highest BCUT2D eigenvalue weighted by Gasteiger charge is 2.60. The average Bonchev–Trinajstić information content (AvgIpc) is 2.98. The summed E-state index contributed by atoms with van der Waals surface area (Å²) in [7, 11) is 0. The summed E-state index contributed by atoms with van der Waals surface area (Å²) in [4.78, 5) is 25.1. The molecule has 4 aliphatic rings. The highest BCUT2D eigenvalue weighted by molar-refractivity contribution is 5.92. The average molecular weight is 363 g/mol. The normalized spacial score (nSPS) is 43.6. The van der Waals surface area contributed by atoms with Gasteiger partial charge in [0.05, 0.1) is 0 Å². The van der Waals surface area contributed by atoms with Gasteiger partial charge in [0.2, 0.25) is 0 Å². The van der Waals surface area contributed by atoms with Crippen molar-refractivity contribution >= 4 is 11.6 Å². The van der Waals surface area contributed by atoms with Gasteiger partial charge in [-0.05, 0) is 66.9 Å². The van der Waals surface area contributed by atoms with Crippen molar-refractivity contribution in [3.8, 4) is 0 Å². The number of carbonyl (C=O) groups is 2. The van der Waals surface area contributed by atoms with Gasteiger partial charge in [0.1, 0.15) is 5.78 Å². The Balaban J connectivity index is 1.62. The van der Waals surface area contributed by atoms with Gasteiger partial charge >= 0.3 is 0 Å². The topological polar surface area (TPSA) is 34.1 Å². The number of hydrogen-bond acceptors (Lipinski definition) is 2. The van der Waals surface area contributed by atoms with Gasteiger partial charge in [-0.1, -0.05) is 49.8 Å². The smallest absolute Gasteiger partial charge is 0.155 e. The van der Waals surface area contributed by atoms with E-state index < -0.39 is 0 Å². The number of allylic oxidation sites excluding steroid dienone is 1. The molecule has 0 saturated heterocycles. The second-order valence-electron chi connectivity index (χ2n) is 9.98. The summed E-state index contributed by atoms with van der Waals surface area (Å²) < 4.78 is 0. The summed E-state index contributed by atoms with van der Waals surface area (Å²) in [5.41, 5.74) is 2.76. The molecule has 1 aromatic rings. The van der Waals surface area contributed by atoms with Gasteiger partial charge < -0.3 is 0 Å². The minimum Gasteiger partial charge on any atom is -0.299 e. The zero-order chi connectivity index (χ0) is 18.8. The number of Topliss-reactive ketones (excluding diaryl/α,β-unsaturated/α-hetero) is 1. The Bertz CT molecular complexity index is 822. The molecule has 6 atom stereocenters. The quantitative estimate of drug-likeness (QED) is 0.663. The molecule has 3 fully saturated rings. The van der Waals surface area contributed by atoms with Crippen LogP contribution in [-0.4, -0.2) is 11.6 Å². The third-order valence-electron chi connectivity index (χ3n) is 8.92. The van der Waals surface area contributed by atoms with Gasteiger partial charge in [-0.15, -0.1) is 0 Å². The molecule has 0 spiro atoms. The zero-order valence-electron chi connectivity index (χ0n) is 16.5. The molecule has 0 radical (unpaired) electrons. The predicted octanol–water partition coefficient (Wildman–Crippen LogP) is 5.48. The van der Waals surface area contributed by atoms with Crippen molar-refractivity contribution < 1.29 is 9.59 Å². The van der Waals surface area contributed by atoms with Crippen molar-refractivity contribution in [2.24, 2.45) is 28.6 Å². The SMILES string of the molecule is CC12CCC3C(C[C@H](c4ccccc4)C4=CC(=O)CCC43C)C1CCC2=O. The molecule has 2 nitrogen and oxygen atoms in total. The van der Waals surface area contributed by atoms with Crippen LogP contribution in [0.3, 0.4) is 0 Å². The number of benzene rings is 1. The minimum absolute atomic E-state index is 0.0928. The molecule has 5 rings (SSSR count). The Labute approximate surface area is 162 Å². The van der Waals surface area contributed by atoms with E-state index in [1.54, 1.807) is 0 Å². The first kappa shape index (κ1) is 17.4. The summed E-state index contributed by atoms with van der Waals surface area (Å²) >= 11 is 0. The Kier molecular flexibility index (Phi) is 3.80. The molecule has 4 aliphatic carbocycles. The summed E-state index contributed by atoms with van der Waals surface area (Å²) in [6, 6.07) is 10.8. The molecular formula is C25H30O2. The Morgan fingerprint density at radius 3 is 2.41 bits per heavy atom. The first-order chi connectivity index (χ1) is 12.9. The largest absolute Gasteiger partial charge is 0.299 e. The molecule has 2 heteroatoms. The van der Waals surface area contributed by atoms with E-state index in [1.807, 2.05) is 6.08 Å². The van der Waals surface area contributed by atoms with E-state index in [1.165, 1.54) is 11.1 Å². The molecule has 1 aromatic carbocycles. The Morgan fingerprint density at radius 2 is 1.63 bits per heavy atom. The number of carbonyl (C=O) groups excluding carboxylic acids is 2. The van der Waals surface area contributed by atoms with Crippen LogP contribution in [0.25, 0.3) is 0 Å². The van der Waals surface area contributed by atoms with Gasteiger partial charge in [0.25, 0.3) is 0 Å². The fraction of sp³-hybridized carbons (Fsp3) is 0.600. The van der Waals surface area contributed by atoms with Crippen LogP contribution in [0.15, 0.2) is 42.0 Å². The van der Waals surface area contributed by atoms with Crippen molar-refractivity contribution in [1.29, 1.82) is 0 Å². The summed E-state index contributed by atoms with van der Waals surface area (Å²) in [6.07, 6.45) is 8.83. The number of hydrogen-bond donors (Lipinski definition) is 0.